The average Bonchev–Trinajstić information content (AvgIpc) is 3.29. The minimum atomic E-state index is -4.48. The van der Waals surface area contributed by atoms with Crippen molar-refractivity contribution in [1.29, 1.82) is 0 Å². The molecule has 37 heavy (non-hydrogen) atoms. The Bertz CT molecular complexity index is 1260. The van der Waals surface area contributed by atoms with Gasteiger partial charge in [0.15, 0.2) is 0 Å². The third-order valence-corrected chi connectivity index (χ3v) is 7.40. The van der Waals surface area contributed by atoms with Crippen LogP contribution < -0.4 is 10.1 Å². The summed E-state index contributed by atoms with van der Waals surface area (Å²) in [5, 5.41) is 7.15. The maximum absolute atomic E-state index is 12.9. The number of aromatic nitrogens is 2. The smallest absolute Gasteiger partial charge is 0.416 e. The van der Waals surface area contributed by atoms with Crippen LogP contribution in [0.2, 0.25) is 0 Å². The molecule has 3 fully saturated rings. The van der Waals surface area contributed by atoms with E-state index in [0.717, 1.165) is 55.1 Å². The van der Waals surface area contributed by atoms with Crippen molar-refractivity contribution in [1.82, 2.24) is 14.7 Å². The van der Waals surface area contributed by atoms with Crippen molar-refractivity contribution in [2.24, 2.45) is 13.0 Å². The van der Waals surface area contributed by atoms with Crippen molar-refractivity contribution >= 4 is 11.8 Å². The third kappa shape index (κ3) is 5.44. The van der Waals surface area contributed by atoms with Crippen LogP contribution in [0.3, 0.4) is 0 Å². The first-order chi connectivity index (χ1) is 17.7. The van der Waals surface area contributed by atoms with Crippen LogP contribution in [0.25, 0.3) is 11.3 Å². The summed E-state index contributed by atoms with van der Waals surface area (Å²) in [6, 6.07) is 14.6. The maximum Gasteiger partial charge on any atom is 0.416 e. The monoisotopic (exact) mass is 514 g/mol. The number of piperidine rings is 3. The number of rotatable bonds is 6. The predicted molar refractivity (Wildman–Crippen MR) is 132 cm³/mol. The quantitative estimate of drug-likeness (QED) is 0.468. The molecule has 0 spiro atoms. The molecule has 0 radical (unpaired) electrons. The average molecular weight is 515 g/mol. The molecule has 0 aliphatic carbocycles. The van der Waals surface area contributed by atoms with E-state index in [-0.39, 0.29) is 18.3 Å². The standard InChI is InChI=1S/C27H29F3N4O3/c1-33-25(14-24(32-33)17-6-8-22(36-2)9-7-17)23-15-34-11-10-18(23)12-21(34)16-37-26(35)31-20-5-3-4-19(13-20)27(28,29)30/h3-9,13-14,18,21,23H,10-12,15-16H2,1-2H3,(H,31,35)/t18-,21+,23+/m0/s1. The molecule has 1 unspecified atom stereocenters. The summed E-state index contributed by atoms with van der Waals surface area (Å²) in [5.41, 5.74) is 2.36. The molecule has 196 valence electrons. The number of ether oxygens (including phenoxy) is 2. The number of hydrogen-bond donors (Lipinski definition) is 1. The van der Waals surface area contributed by atoms with Crippen LogP contribution in [0.15, 0.2) is 54.6 Å². The van der Waals surface area contributed by atoms with E-state index in [4.69, 9.17) is 14.6 Å². The van der Waals surface area contributed by atoms with Gasteiger partial charge in [-0.3, -0.25) is 14.9 Å². The van der Waals surface area contributed by atoms with Crippen molar-refractivity contribution in [3.05, 3.63) is 65.9 Å². The summed E-state index contributed by atoms with van der Waals surface area (Å²) in [6.07, 6.45) is -3.30. The van der Waals surface area contributed by atoms with Crippen molar-refractivity contribution < 1.29 is 27.4 Å². The zero-order valence-electron chi connectivity index (χ0n) is 20.7. The highest BCUT2D eigenvalue weighted by Gasteiger charge is 2.42. The Morgan fingerprint density at radius 2 is 1.95 bits per heavy atom. The van der Waals surface area contributed by atoms with Gasteiger partial charge >= 0.3 is 12.3 Å². The Morgan fingerprint density at radius 1 is 1.16 bits per heavy atom. The lowest BCUT2D eigenvalue weighted by Crippen LogP contribution is -2.54. The lowest BCUT2D eigenvalue weighted by Gasteiger charge is -2.49. The molecule has 2 aromatic carbocycles. The Hall–Kier alpha value is -3.53. The lowest BCUT2D eigenvalue weighted by atomic mass is 9.74. The van der Waals surface area contributed by atoms with Gasteiger partial charge in [0.05, 0.1) is 18.4 Å². The second-order valence-electron chi connectivity index (χ2n) is 9.65. The molecule has 1 N–H and O–H groups in total. The molecule has 10 heteroatoms. The fourth-order valence-electron chi connectivity index (χ4n) is 5.48. The fourth-order valence-corrected chi connectivity index (χ4v) is 5.48. The summed E-state index contributed by atoms with van der Waals surface area (Å²) in [5.74, 6) is 1.56. The maximum atomic E-state index is 12.9. The second-order valence-corrected chi connectivity index (χ2v) is 9.65. The summed E-state index contributed by atoms with van der Waals surface area (Å²) >= 11 is 0. The van der Waals surface area contributed by atoms with Crippen LogP contribution in [0, 0.1) is 5.92 Å². The number of hydrogen-bond acceptors (Lipinski definition) is 5. The number of anilines is 1. The SMILES string of the molecule is COc1ccc(-c2cc([C@@H]3CN4CC[C@H]3C[C@@H]4COC(=O)Nc3cccc(C(F)(F)F)c3)n(C)n2)cc1. The van der Waals surface area contributed by atoms with Gasteiger partial charge < -0.3 is 9.47 Å². The first kappa shape index (κ1) is 25.1. The minimum Gasteiger partial charge on any atom is -0.497 e. The molecule has 2 bridgehead atoms. The Labute approximate surface area is 213 Å². The number of carbonyl (C=O) groups excluding carboxylic acids is 1. The van der Waals surface area contributed by atoms with E-state index in [1.165, 1.54) is 17.8 Å². The van der Waals surface area contributed by atoms with Gasteiger partial charge in [0.25, 0.3) is 0 Å². The van der Waals surface area contributed by atoms with Crippen LogP contribution in [-0.4, -0.2) is 53.6 Å². The van der Waals surface area contributed by atoms with Crippen LogP contribution in [0.5, 0.6) is 5.75 Å². The number of aryl methyl sites for hydroxylation is 1. The number of nitrogens with one attached hydrogen (secondary N) is 1. The molecular weight excluding hydrogens is 485 g/mol. The molecule has 3 aliphatic rings. The highest BCUT2D eigenvalue weighted by atomic mass is 19.4. The molecule has 1 amide bonds. The van der Waals surface area contributed by atoms with Gasteiger partial charge in [0, 0.05) is 42.5 Å². The number of carbonyl (C=O) groups is 1. The molecule has 3 aromatic rings. The normalized spacial score (nSPS) is 23.1. The molecule has 3 aliphatic heterocycles. The van der Waals surface area contributed by atoms with E-state index >= 15 is 0 Å². The number of fused-ring (bicyclic) bond motifs is 3. The predicted octanol–water partition coefficient (Wildman–Crippen LogP) is 5.54. The largest absolute Gasteiger partial charge is 0.497 e. The van der Waals surface area contributed by atoms with Crippen molar-refractivity contribution in [3.8, 4) is 17.0 Å². The number of halogens is 3. The number of methoxy groups -OCH3 is 1. The van der Waals surface area contributed by atoms with Gasteiger partial charge in [-0.25, -0.2) is 4.79 Å². The zero-order valence-corrected chi connectivity index (χ0v) is 20.7. The third-order valence-electron chi connectivity index (χ3n) is 7.40. The van der Waals surface area contributed by atoms with Crippen molar-refractivity contribution in [2.75, 3.05) is 32.1 Å². The molecular formula is C27H29F3N4O3. The van der Waals surface area contributed by atoms with Crippen LogP contribution >= 0.6 is 0 Å². The van der Waals surface area contributed by atoms with Crippen molar-refractivity contribution in [2.45, 2.75) is 31.0 Å². The van der Waals surface area contributed by atoms with Crippen LogP contribution in [0.1, 0.15) is 30.0 Å². The number of amides is 1. The van der Waals surface area contributed by atoms with Gasteiger partial charge in [-0.05, 0) is 73.8 Å². The van der Waals surface area contributed by atoms with Gasteiger partial charge in [0.2, 0.25) is 0 Å². The Kier molecular flexibility index (Phi) is 6.85. The molecule has 6 rings (SSSR count). The summed E-state index contributed by atoms with van der Waals surface area (Å²) in [7, 11) is 3.61. The lowest BCUT2D eigenvalue weighted by molar-refractivity contribution is -0.137. The van der Waals surface area contributed by atoms with Gasteiger partial charge in [-0.2, -0.15) is 18.3 Å². The topological polar surface area (TPSA) is 68.6 Å². The van der Waals surface area contributed by atoms with Gasteiger partial charge in [-0.1, -0.05) is 6.07 Å². The van der Waals surface area contributed by atoms with Crippen LogP contribution in [0.4, 0.5) is 23.7 Å². The van der Waals surface area contributed by atoms with E-state index in [1.807, 2.05) is 36.0 Å². The van der Waals surface area contributed by atoms with E-state index < -0.39 is 17.8 Å². The van der Waals surface area contributed by atoms with E-state index in [2.05, 4.69) is 16.3 Å². The van der Waals surface area contributed by atoms with Gasteiger partial charge in [0.1, 0.15) is 12.4 Å². The number of nitrogens with zero attached hydrogens (tertiary/aromatic N) is 3. The molecule has 3 saturated heterocycles. The van der Waals surface area contributed by atoms with Crippen LogP contribution in [-0.2, 0) is 18.0 Å². The Morgan fingerprint density at radius 3 is 2.62 bits per heavy atom. The van der Waals surface area contributed by atoms with Gasteiger partial charge in [-0.15, -0.1) is 0 Å². The number of benzene rings is 2. The van der Waals surface area contributed by atoms with E-state index in [1.54, 1.807) is 7.11 Å². The molecule has 4 atom stereocenters. The van der Waals surface area contributed by atoms with E-state index in [0.29, 0.717) is 11.8 Å². The highest BCUT2D eigenvalue weighted by Crippen LogP contribution is 2.42. The zero-order chi connectivity index (χ0) is 26.2. The second kappa shape index (κ2) is 10.1. The van der Waals surface area contributed by atoms with Crippen molar-refractivity contribution in [3.63, 3.8) is 0 Å². The summed E-state index contributed by atoms with van der Waals surface area (Å²) in [6.45, 7) is 1.96. The van der Waals surface area contributed by atoms with E-state index in [9.17, 15) is 18.0 Å². The summed E-state index contributed by atoms with van der Waals surface area (Å²) in [4.78, 5) is 14.6. The first-order valence-corrected chi connectivity index (χ1v) is 12.2. The highest BCUT2D eigenvalue weighted by molar-refractivity contribution is 5.84. The molecule has 0 saturated carbocycles. The minimum absolute atomic E-state index is 0.0502. The molecule has 7 nitrogen and oxygen atoms in total. The Balaban J connectivity index is 1.19. The number of alkyl halides is 3. The molecule has 1 aromatic heterocycles. The molecule has 4 heterocycles. The first-order valence-electron chi connectivity index (χ1n) is 12.2. The summed E-state index contributed by atoms with van der Waals surface area (Å²) < 4.78 is 51.4. The fraction of sp³-hybridized carbons (Fsp3) is 0.407.